The van der Waals surface area contributed by atoms with Crippen molar-refractivity contribution >= 4 is 29.0 Å². The lowest BCUT2D eigenvalue weighted by Gasteiger charge is -2.11. The molecule has 3 aromatic carbocycles. The van der Waals surface area contributed by atoms with Gasteiger partial charge in [0.1, 0.15) is 30.3 Å². The Morgan fingerprint density at radius 2 is 1.94 bits per heavy atom. The monoisotopic (exact) mass is 486 g/mol. The van der Waals surface area contributed by atoms with Crippen LogP contribution in [0.3, 0.4) is 0 Å². The summed E-state index contributed by atoms with van der Waals surface area (Å²) in [6, 6.07) is 18.4. The van der Waals surface area contributed by atoms with Crippen LogP contribution in [-0.4, -0.2) is 22.9 Å². The van der Waals surface area contributed by atoms with Gasteiger partial charge in [-0.05, 0) is 54.1 Å². The van der Waals surface area contributed by atoms with Crippen molar-refractivity contribution < 1.29 is 13.9 Å². The van der Waals surface area contributed by atoms with E-state index in [9.17, 15) is 9.18 Å². The number of carbonyl (C=O) groups excluding carboxylic acids is 1. The molecular weight excluding hydrogens is 467 g/mol. The van der Waals surface area contributed by atoms with Crippen LogP contribution in [0.2, 0.25) is 5.02 Å². The van der Waals surface area contributed by atoms with Crippen molar-refractivity contribution in [1.82, 2.24) is 15.3 Å². The molecule has 4 rings (SSSR count). The highest BCUT2D eigenvalue weighted by atomic mass is 35.5. The molecule has 0 fully saturated rings. The molecule has 8 heteroatoms. The third-order valence-corrected chi connectivity index (χ3v) is 5.18. The Kier molecular flexibility index (Phi) is 7.56. The lowest BCUT2D eigenvalue weighted by molar-refractivity contribution is 0.0963. The molecule has 0 saturated heterocycles. The van der Waals surface area contributed by atoms with E-state index in [0.717, 1.165) is 0 Å². The highest BCUT2D eigenvalue weighted by Gasteiger charge is 2.08. The zero-order valence-electron chi connectivity index (χ0n) is 18.7. The van der Waals surface area contributed by atoms with Crippen molar-refractivity contribution in [2.45, 2.75) is 6.61 Å². The molecule has 0 bridgehead atoms. The highest BCUT2D eigenvalue weighted by molar-refractivity contribution is 6.32. The number of hydrogen-bond donors (Lipinski definition) is 2. The molecule has 35 heavy (non-hydrogen) atoms. The largest absolute Gasteiger partial charge is 0.487 e. The summed E-state index contributed by atoms with van der Waals surface area (Å²) < 4.78 is 19.1. The first-order valence-corrected chi connectivity index (χ1v) is 11.0. The van der Waals surface area contributed by atoms with Crippen molar-refractivity contribution in [2.75, 3.05) is 12.4 Å². The van der Waals surface area contributed by atoms with Gasteiger partial charge < -0.3 is 15.4 Å². The van der Waals surface area contributed by atoms with Crippen molar-refractivity contribution in [1.29, 1.82) is 0 Å². The van der Waals surface area contributed by atoms with E-state index in [1.807, 2.05) is 6.07 Å². The van der Waals surface area contributed by atoms with Crippen molar-refractivity contribution in [3.8, 4) is 17.6 Å². The van der Waals surface area contributed by atoms with Crippen LogP contribution in [0.1, 0.15) is 27.0 Å². The Bertz CT molecular complexity index is 1430. The van der Waals surface area contributed by atoms with E-state index < -0.39 is 0 Å². The van der Waals surface area contributed by atoms with E-state index in [1.165, 1.54) is 18.5 Å². The van der Waals surface area contributed by atoms with Gasteiger partial charge in [0.25, 0.3) is 5.91 Å². The molecule has 0 radical (unpaired) electrons. The molecule has 0 unspecified atom stereocenters. The second-order valence-corrected chi connectivity index (χ2v) is 7.79. The minimum Gasteiger partial charge on any atom is -0.487 e. The van der Waals surface area contributed by atoms with Crippen LogP contribution in [0.25, 0.3) is 0 Å². The van der Waals surface area contributed by atoms with E-state index in [2.05, 4.69) is 32.4 Å². The van der Waals surface area contributed by atoms with Crippen LogP contribution in [0.4, 0.5) is 15.9 Å². The van der Waals surface area contributed by atoms with Crippen LogP contribution in [0, 0.1) is 17.7 Å². The Morgan fingerprint density at radius 1 is 1.09 bits per heavy atom. The normalized spacial score (nSPS) is 10.1. The number of rotatable bonds is 6. The van der Waals surface area contributed by atoms with Gasteiger partial charge in [0.05, 0.1) is 10.6 Å². The van der Waals surface area contributed by atoms with Gasteiger partial charge in [-0.15, -0.1) is 0 Å². The standard InChI is InChI=1S/C27H20ClFN4O2/c1-30-27(34)20-6-2-4-18(12-20)8-9-21-15-31-17-32-26(21)33-23-10-11-25(24(28)14-23)35-16-19-5-3-7-22(29)13-19/h2-7,10-15,17H,16H2,1H3,(H,30,34)(H,31,32,33). The van der Waals surface area contributed by atoms with Gasteiger partial charge in [-0.1, -0.05) is 41.6 Å². The quantitative estimate of drug-likeness (QED) is 0.359. The first-order chi connectivity index (χ1) is 17.0. The van der Waals surface area contributed by atoms with Crippen molar-refractivity contribution in [3.05, 3.63) is 112 Å². The minimum atomic E-state index is -0.320. The average molecular weight is 487 g/mol. The molecule has 0 atom stereocenters. The van der Waals surface area contributed by atoms with Crippen LogP contribution >= 0.6 is 11.6 Å². The fourth-order valence-electron chi connectivity index (χ4n) is 3.16. The Labute approximate surface area is 207 Å². The van der Waals surface area contributed by atoms with Gasteiger partial charge in [0, 0.05) is 30.1 Å². The van der Waals surface area contributed by atoms with E-state index in [0.29, 0.717) is 44.5 Å². The third kappa shape index (κ3) is 6.34. The summed E-state index contributed by atoms with van der Waals surface area (Å²) in [5, 5.41) is 6.17. The summed E-state index contributed by atoms with van der Waals surface area (Å²) in [7, 11) is 1.58. The summed E-state index contributed by atoms with van der Waals surface area (Å²) in [5.74, 6) is 6.56. The van der Waals surface area contributed by atoms with Crippen LogP contribution in [0.5, 0.6) is 5.75 Å². The lowest BCUT2D eigenvalue weighted by atomic mass is 10.1. The van der Waals surface area contributed by atoms with Crippen molar-refractivity contribution in [2.24, 2.45) is 0 Å². The maximum atomic E-state index is 13.4. The predicted octanol–water partition coefficient (Wildman–Crippen LogP) is 5.35. The molecular formula is C27H20ClFN4O2. The molecule has 2 N–H and O–H groups in total. The Hall–Kier alpha value is -4.41. The topological polar surface area (TPSA) is 76.1 Å². The number of benzene rings is 3. The van der Waals surface area contributed by atoms with Crippen LogP contribution < -0.4 is 15.4 Å². The molecule has 0 spiro atoms. The number of amides is 1. The summed E-state index contributed by atoms with van der Waals surface area (Å²) in [5.41, 5.74) is 3.16. The van der Waals surface area contributed by atoms with E-state index in [4.69, 9.17) is 16.3 Å². The third-order valence-electron chi connectivity index (χ3n) is 4.88. The number of anilines is 2. The first kappa shape index (κ1) is 23.7. The second-order valence-electron chi connectivity index (χ2n) is 7.38. The first-order valence-electron chi connectivity index (χ1n) is 10.6. The molecule has 1 aromatic heterocycles. The van der Waals surface area contributed by atoms with Gasteiger partial charge in [-0.2, -0.15) is 0 Å². The fourth-order valence-corrected chi connectivity index (χ4v) is 3.40. The molecule has 6 nitrogen and oxygen atoms in total. The number of carbonyl (C=O) groups is 1. The molecule has 0 aliphatic rings. The molecule has 0 saturated carbocycles. The number of nitrogens with one attached hydrogen (secondary N) is 2. The molecule has 4 aromatic rings. The maximum Gasteiger partial charge on any atom is 0.251 e. The SMILES string of the molecule is CNC(=O)c1cccc(C#Cc2cncnc2Nc2ccc(OCc3cccc(F)c3)c(Cl)c2)c1. The van der Waals surface area contributed by atoms with Gasteiger partial charge in [-0.3, -0.25) is 4.79 Å². The number of nitrogens with zero attached hydrogens (tertiary/aromatic N) is 2. The molecule has 1 heterocycles. The summed E-state index contributed by atoms with van der Waals surface area (Å²) in [4.78, 5) is 20.2. The van der Waals surface area contributed by atoms with Crippen molar-refractivity contribution in [3.63, 3.8) is 0 Å². The molecule has 1 amide bonds. The van der Waals surface area contributed by atoms with E-state index in [-0.39, 0.29) is 18.3 Å². The van der Waals surface area contributed by atoms with Gasteiger partial charge in [0.15, 0.2) is 0 Å². The zero-order chi connectivity index (χ0) is 24.6. The number of halogens is 2. The Balaban J connectivity index is 1.49. The van der Waals surface area contributed by atoms with Gasteiger partial charge >= 0.3 is 0 Å². The maximum absolute atomic E-state index is 13.4. The van der Waals surface area contributed by atoms with Gasteiger partial charge in [0.2, 0.25) is 0 Å². The Morgan fingerprint density at radius 3 is 2.74 bits per heavy atom. The number of aromatic nitrogens is 2. The summed E-state index contributed by atoms with van der Waals surface area (Å²) >= 11 is 6.39. The summed E-state index contributed by atoms with van der Waals surface area (Å²) in [6.45, 7) is 0.191. The smallest absolute Gasteiger partial charge is 0.251 e. The summed E-state index contributed by atoms with van der Waals surface area (Å²) in [6.07, 6.45) is 3.01. The predicted molar refractivity (Wildman–Crippen MR) is 133 cm³/mol. The van der Waals surface area contributed by atoms with E-state index in [1.54, 1.807) is 61.8 Å². The van der Waals surface area contributed by atoms with Crippen LogP contribution in [0.15, 0.2) is 79.3 Å². The zero-order valence-corrected chi connectivity index (χ0v) is 19.4. The second kappa shape index (κ2) is 11.1. The molecule has 174 valence electrons. The van der Waals surface area contributed by atoms with Gasteiger partial charge in [-0.25, -0.2) is 14.4 Å². The average Bonchev–Trinajstić information content (AvgIpc) is 2.87. The highest BCUT2D eigenvalue weighted by Crippen LogP contribution is 2.30. The number of hydrogen-bond acceptors (Lipinski definition) is 5. The minimum absolute atomic E-state index is 0.181. The molecule has 0 aliphatic heterocycles. The fraction of sp³-hybridized carbons (Fsp3) is 0.0741. The molecule has 0 aliphatic carbocycles. The number of ether oxygens (including phenoxy) is 1. The van der Waals surface area contributed by atoms with E-state index >= 15 is 0 Å². The van der Waals surface area contributed by atoms with Crippen LogP contribution in [-0.2, 0) is 6.61 Å². The lowest BCUT2D eigenvalue weighted by Crippen LogP contribution is -2.17.